The van der Waals surface area contributed by atoms with Gasteiger partial charge in [0.25, 0.3) is 0 Å². The molecular formula is C15H13ClN2O3. The van der Waals surface area contributed by atoms with Crippen LogP contribution in [-0.4, -0.2) is 17.0 Å². The smallest absolute Gasteiger partial charge is 0.339 e. The average Bonchev–Trinajstić information content (AvgIpc) is 2.47. The van der Waals surface area contributed by atoms with Crippen LogP contribution in [0.2, 0.25) is 5.02 Å². The minimum atomic E-state index is -1.22. The molecule has 1 amide bonds. The Morgan fingerprint density at radius 2 is 1.76 bits per heavy atom. The summed E-state index contributed by atoms with van der Waals surface area (Å²) >= 11 is 5.84. The van der Waals surface area contributed by atoms with Crippen LogP contribution in [0, 0.1) is 0 Å². The SMILES string of the molecule is NC(C(=O)Nc1cccc(Cl)c1C(=O)O)c1ccccc1. The monoisotopic (exact) mass is 304 g/mol. The molecule has 2 aromatic carbocycles. The number of carbonyl (C=O) groups is 2. The Hall–Kier alpha value is -2.37. The maximum atomic E-state index is 12.1. The Balaban J connectivity index is 2.25. The van der Waals surface area contributed by atoms with Crippen molar-refractivity contribution in [3.05, 3.63) is 64.7 Å². The van der Waals surface area contributed by atoms with Crippen molar-refractivity contribution in [1.29, 1.82) is 0 Å². The molecule has 0 saturated heterocycles. The van der Waals surface area contributed by atoms with Crippen LogP contribution in [0.5, 0.6) is 0 Å². The molecule has 4 N–H and O–H groups in total. The summed E-state index contributed by atoms with van der Waals surface area (Å²) in [6.45, 7) is 0. The lowest BCUT2D eigenvalue weighted by Gasteiger charge is -2.14. The Kier molecular flexibility index (Phi) is 4.57. The zero-order valence-corrected chi connectivity index (χ0v) is 11.7. The number of hydrogen-bond acceptors (Lipinski definition) is 3. The second-order valence-corrected chi connectivity index (χ2v) is 4.75. The molecule has 0 aromatic heterocycles. The summed E-state index contributed by atoms with van der Waals surface area (Å²) in [5, 5.41) is 11.7. The van der Waals surface area contributed by atoms with Gasteiger partial charge in [-0.25, -0.2) is 4.79 Å². The van der Waals surface area contributed by atoms with Crippen LogP contribution < -0.4 is 11.1 Å². The highest BCUT2D eigenvalue weighted by Gasteiger charge is 2.20. The van der Waals surface area contributed by atoms with Crippen LogP contribution >= 0.6 is 11.6 Å². The van der Waals surface area contributed by atoms with Crippen LogP contribution in [0.25, 0.3) is 0 Å². The molecule has 0 heterocycles. The molecule has 0 aliphatic carbocycles. The standard InChI is InChI=1S/C15H13ClN2O3/c16-10-7-4-8-11(12(10)15(20)21)18-14(19)13(17)9-5-2-1-3-6-9/h1-8,13H,17H2,(H,18,19)(H,20,21). The fourth-order valence-corrected chi connectivity index (χ4v) is 2.12. The van der Waals surface area contributed by atoms with Crippen LogP contribution in [0.3, 0.4) is 0 Å². The van der Waals surface area contributed by atoms with E-state index in [-0.39, 0.29) is 16.3 Å². The first kappa shape index (κ1) is 15.0. The molecule has 0 radical (unpaired) electrons. The van der Waals surface area contributed by atoms with Crippen molar-refractivity contribution in [1.82, 2.24) is 0 Å². The maximum absolute atomic E-state index is 12.1. The van der Waals surface area contributed by atoms with Gasteiger partial charge in [0.1, 0.15) is 11.6 Å². The largest absolute Gasteiger partial charge is 0.478 e. The number of carbonyl (C=O) groups excluding carboxylic acids is 1. The number of benzene rings is 2. The van der Waals surface area contributed by atoms with Crippen molar-refractivity contribution in [2.75, 3.05) is 5.32 Å². The van der Waals surface area contributed by atoms with Gasteiger partial charge in [-0.15, -0.1) is 0 Å². The van der Waals surface area contributed by atoms with E-state index in [1.54, 1.807) is 30.3 Å². The molecule has 2 aromatic rings. The van der Waals surface area contributed by atoms with E-state index in [1.165, 1.54) is 12.1 Å². The first-order valence-electron chi connectivity index (χ1n) is 6.14. The van der Waals surface area contributed by atoms with Crippen molar-refractivity contribution >= 4 is 29.2 Å². The number of halogens is 1. The fourth-order valence-electron chi connectivity index (χ4n) is 1.87. The number of rotatable bonds is 4. The van der Waals surface area contributed by atoms with Crippen LogP contribution in [0.4, 0.5) is 5.69 Å². The van der Waals surface area contributed by atoms with E-state index in [4.69, 9.17) is 22.4 Å². The number of hydrogen-bond donors (Lipinski definition) is 3. The van der Waals surface area contributed by atoms with Crippen molar-refractivity contribution in [3.8, 4) is 0 Å². The van der Waals surface area contributed by atoms with Crippen LogP contribution in [-0.2, 0) is 4.79 Å². The Morgan fingerprint density at radius 1 is 1.10 bits per heavy atom. The highest BCUT2D eigenvalue weighted by Crippen LogP contribution is 2.25. The van der Waals surface area contributed by atoms with E-state index in [1.807, 2.05) is 6.07 Å². The summed E-state index contributed by atoms with van der Waals surface area (Å²) in [6.07, 6.45) is 0. The second-order valence-electron chi connectivity index (χ2n) is 4.35. The number of anilines is 1. The van der Waals surface area contributed by atoms with Gasteiger partial charge in [0.2, 0.25) is 5.91 Å². The molecular weight excluding hydrogens is 292 g/mol. The Labute approximate surface area is 126 Å². The van der Waals surface area contributed by atoms with Crippen molar-refractivity contribution in [2.24, 2.45) is 5.73 Å². The lowest BCUT2D eigenvalue weighted by atomic mass is 10.1. The van der Waals surface area contributed by atoms with Gasteiger partial charge in [0.05, 0.1) is 10.7 Å². The molecule has 108 valence electrons. The van der Waals surface area contributed by atoms with Gasteiger partial charge in [-0.3, -0.25) is 4.79 Å². The lowest BCUT2D eigenvalue weighted by molar-refractivity contribution is -0.117. The molecule has 1 atom stereocenters. The molecule has 2 rings (SSSR count). The highest BCUT2D eigenvalue weighted by atomic mass is 35.5. The number of nitrogens with two attached hydrogens (primary N) is 1. The molecule has 0 fully saturated rings. The number of nitrogens with one attached hydrogen (secondary N) is 1. The van der Waals surface area contributed by atoms with Crippen LogP contribution in [0.15, 0.2) is 48.5 Å². The van der Waals surface area contributed by atoms with Crippen molar-refractivity contribution < 1.29 is 14.7 Å². The Bertz CT molecular complexity index is 674. The third-order valence-corrected chi connectivity index (χ3v) is 3.24. The minimum Gasteiger partial charge on any atom is -0.478 e. The summed E-state index contributed by atoms with van der Waals surface area (Å²) in [5.74, 6) is -1.73. The zero-order chi connectivity index (χ0) is 15.4. The number of amides is 1. The maximum Gasteiger partial charge on any atom is 0.339 e. The van der Waals surface area contributed by atoms with Gasteiger partial charge < -0.3 is 16.2 Å². The fraction of sp³-hybridized carbons (Fsp3) is 0.0667. The third kappa shape index (κ3) is 3.39. The zero-order valence-electron chi connectivity index (χ0n) is 10.9. The predicted molar refractivity (Wildman–Crippen MR) is 80.4 cm³/mol. The summed E-state index contributed by atoms with van der Waals surface area (Å²) < 4.78 is 0. The van der Waals surface area contributed by atoms with E-state index in [9.17, 15) is 9.59 Å². The third-order valence-electron chi connectivity index (χ3n) is 2.93. The van der Waals surface area contributed by atoms with Crippen molar-refractivity contribution in [2.45, 2.75) is 6.04 Å². The molecule has 0 bridgehead atoms. The molecule has 6 heteroatoms. The van der Waals surface area contributed by atoms with Gasteiger partial charge in [-0.05, 0) is 17.7 Å². The molecule has 0 aliphatic heterocycles. The first-order chi connectivity index (χ1) is 10.0. The summed E-state index contributed by atoms with van der Waals surface area (Å²) in [5.41, 5.74) is 6.45. The van der Waals surface area contributed by atoms with E-state index >= 15 is 0 Å². The highest BCUT2D eigenvalue weighted by molar-refractivity contribution is 6.34. The predicted octanol–water partition coefficient (Wildman–Crippen LogP) is 2.68. The van der Waals surface area contributed by atoms with Gasteiger partial charge in [-0.1, -0.05) is 48.0 Å². The number of aromatic carboxylic acids is 1. The topological polar surface area (TPSA) is 92.4 Å². The normalized spacial score (nSPS) is 11.7. The van der Waals surface area contributed by atoms with E-state index in [2.05, 4.69) is 5.32 Å². The van der Waals surface area contributed by atoms with Gasteiger partial charge >= 0.3 is 5.97 Å². The summed E-state index contributed by atoms with van der Waals surface area (Å²) in [6, 6.07) is 12.4. The molecule has 1 unspecified atom stereocenters. The minimum absolute atomic E-state index is 0.0496. The van der Waals surface area contributed by atoms with E-state index in [0.29, 0.717) is 5.56 Å². The van der Waals surface area contributed by atoms with Gasteiger partial charge in [0, 0.05) is 0 Å². The van der Waals surface area contributed by atoms with Gasteiger partial charge in [-0.2, -0.15) is 0 Å². The molecule has 5 nitrogen and oxygen atoms in total. The molecule has 0 aliphatic rings. The van der Waals surface area contributed by atoms with Crippen molar-refractivity contribution in [3.63, 3.8) is 0 Å². The number of carboxylic acids is 1. The second kappa shape index (κ2) is 6.39. The Morgan fingerprint density at radius 3 is 2.38 bits per heavy atom. The van der Waals surface area contributed by atoms with E-state index in [0.717, 1.165) is 0 Å². The van der Waals surface area contributed by atoms with Gasteiger partial charge in [0.15, 0.2) is 0 Å². The average molecular weight is 305 g/mol. The quantitative estimate of drug-likeness (QED) is 0.809. The summed E-state index contributed by atoms with van der Waals surface area (Å²) in [4.78, 5) is 23.3. The molecule has 0 spiro atoms. The first-order valence-corrected chi connectivity index (χ1v) is 6.51. The lowest BCUT2D eigenvalue weighted by Crippen LogP contribution is -2.28. The molecule has 0 saturated carbocycles. The summed E-state index contributed by atoms with van der Waals surface area (Å²) in [7, 11) is 0. The van der Waals surface area contributed by atoms with E-state index < -0.39 is 17.9 Å². The molecule has 21 heavy (non-hydrogen) atoms. The number of carboxylic acid groups (broad SMARTS) is 1. The van der Waals surface area contributed by atoms with Crippen LogP contribution in [0.1, 0.15) is 22.0 Å².